The summed E-state index contributed by atoms with van der Waals surface area (Å²) in [5.41, 5.74) is 8.45. The van der Waals surface area contributed by atoms with E-state index in [1.54, 1.807) is 0 Å². The maximum atomic E-state index is 12.6. The summed E-state index contributed by atoms with van der Waals surface area (Å²) in [5, 5.41) is 2.71. The van der Waals surface area contributed by atoms with Gasteiger partial charge in [0.15, 0.2) is 0 Å². The summed E-state index contributed by atoms with van der Waals surface area (Å²) in [6.45, 7) is 5.48. The summed E-state index contributed by atoms with van der Waals surface area (Å²) >= 11 is 1.33. The number of para-hydroxylation sites is 1. The standard InChI is InChI=1S/C18H20N6OS/c1-12-14(11-26-22-12)18(25)24-8-6-23(7-9-24)10-16-20-15-5-3-2-4-13(15)17(19)21-16/h2-5,11H,6-10H2,1H3,(H2,19,20,21). The van der Waals surface area contributed by atoms with Crippen LogP contribution in [0.25, 0.3) is 10.9 Å². The molecule has 0 saturated carbocycles. The Bertz CT molecular complexity index is 948. The van der Waals surface area contributed by atoms with Crippen LogP contribution in [0.3, 0.4) is 0 Å². The van der Waals surface area contributed by atoms with Crippen molar-refractivity contribution < 1.29 is 4.79 Å². The van der Waals surface area contributed by atoms with Gasteiger partial charge in [0.2, 0.25) is 0 Å². The fourth-order valence-electron chi connectivity index (χ4n) is 3.20. The molecule has 3 aromatic rings. The van der Waals surface area contributed by atoms with Crippen LogP contribution in [-0.2, 0) is 6.54 Å². The molecule has 26 heavy (non-hydrogen) atoms. The molecule has 0 spiro atoms. The van der Waals surface area contributed by atoms with Crippen LogP contribution in [0.1, 0.15) is 21.9 Å². The molecule has 1 fully saturated rings. The number of amides is 1. The first kappa shape index (κ1) is 16.9. The molecule has 2 N–H and O–H groups in total. The molecule has 1 aliphatic heterocycles. The molecule has 7 nitrogen and oxygen atoms in total. The lowest BCUT2D eigenvalue weighted by atomic mass is 10.2. The molecule has 3 heterocycles. The first-order valence-electron chi connectivity index (χ1n) is 8.55. The van der Waals surface area contributed by atoms with Gasteiger partial charge < -0.3 is 10.6 Å². The average molecular weight is 368 g/mol. The Morgan fingerprint density at radius 2 is 1.96 bits per heavy atom. The average Bonchev–Trinajstić information content (AvgIpc) is 3.08. The van der Waals surface area contributed by atoms with Crippen molar-refractivity contribution in [3.05, 3.63) is 46.7 Å². The van der Waals surface area contributed by atoms with E-state index >= 15 is 0 Å². The van der Waals surface area contributed by atoms with E-state index in [1.807, 2.05) is 41.5 Å². The van der Waals surface area contributed by atoms with Gasteiger partial charge in [0.25, 0.3) is 5.91 Å². The van der Waals surface area contributed by atoms with Gasteiger partial charge in [-0.05, 0) is 30.6 Å². The number of hydrogen-bond donors (Lipinski definition) is 1. The van der Waals surface area contributed by atoms with Gasteiger partial charge >= 0.3 is 0 Å². The van der Waals surface area contributed by atoms with E-state index in [0.29, 0.717) is 31.0 Å². The van der Waals surface area contributed by atoms with Crippen LogP contribution in [0.5, 0.6) is 0 Å². The molecule has 1 aromatic carbocycles. The topological polar surface area (TPSA) is 88.2 Å². The number of nitrogens with zero attached hydrogens (tertiary/aromatic N) is 5. The lowest BCUT2D eigenvalue weighted by molar-refractivity contribution is 0.0625. The molecule has 134 valence electrons. The Hall–Kier alpha value is -2.58. The molecule has 0 bridgehead atoms. The summed E-state index contributed by atoms with van der Waals surface area (Å²) in [4.78, 5) is 25.8. The number of nitrogen functional groups attached to an aromatic ring is 1. The fraction of sp³-hybridized carbons (Fsp3) is 0.333. The Morgan fingerprint density at radius 1 is 1.19 bits per heavy atom. The van der Waals surface area contributed by atoms with Crippen LogP contribution in [-0.4, -0.2) is 56.2 Å². The zero-order valence-electron chi connectivity index (χ0n) is 14.6. The third-order valence-corrected chi connectivity index (χ3v) is 5.40. The third kappa shape index (κ3) is 3.25. The Morgan fingerprint density at radius 3 is 2.69 bits per heavy atom. The van der Waals surface area contributed by atoms with Crippen molar-refractivity contribution >= 4 is 34.2 Å². The van der Waals surface area contributed by atoms with Gasteiger partial charge in [-0.2, -0.15) is 4.37 Å². The van der Waals surface area contributed by atoms with Gasteiger partial charge in [0.05, 0.1) is 23.3 Å². The predicted octanol–water partition coefficient (Wildman–Crippen LogP) is 1.93. The van der Waals surface area contributed by atoms with Crippen molar-refractivity contribution in [3.8, 4) is 0 Å². The van der Waals surface area contributed by atoms with E-state index in [1.165, 1.54) is 11.5 Å². The minimum absolute atomic E-state index is 0.0714. The molecular weight excluding hydrogens is 348 g/mol. The summed E-state index contributed by atoms with van der Waals surface area (Å²) in [6, 6.07) is 7.76. The number of hydrogen-bond acceptors (Lipinski definition) is 7. The van der Waals surface area contributed by atoms with E-state index in [-0.39, 0.29) is 5.91 Å². The summed E-state index contributed by atoms with van der Waals surface area (Å²) < 4.78 is 4.19. The van der Waals surface area contributed by atoms with Crippen LogP contribution in [0.2, 0.25) is 0 Å². The normalized spacial score (nSPS) is 15.5. The summed E-state index contributed by atoms with van der Waals surface area (Å²) in [5.74, 6) is 1.31. The van der Waals surface area contributed by atoms with Crippen LogP contribution in [0, 0.1) is 6.92 Å². The van der Waals surface area contributed by atoms with Gasteiger partial charge in [-0.1, -0.05) is 12.1 Å². The largest absolute Gasteiger partial charge is 0.383 e. The van der Waals surface area contributed by atoms with Gasteiger partial charge in [-0.25, -0.2) is 9.97 Å². The van der Waals surface area contributed by atoms with Crippen molar-refractivity contribution in [3.63, 3.8) is 0 Å². The Kier molecular flexibility index (Phi) is 4.52. The number of fused-ring (bicyclic) bond motifs is 1. The molecule has 8 heteroatoms. The van der Waals surface area contributed by atoms with Gasteiger partial charge in [0.1, 0.15) is 11.6 Å². The van der Waals surface area contributed by atoms with E-state index in [4.69, 9.17) is 5.73 Å². The zero-order valence-corrected chi connectivity index (χ0v) is 15.4. The van der Waals surface area contributed by atoms with Crippen LogP contribution in [0.4, 0.5) is 5.82 Å². The summed E-state index contributed by atoms with van der Waals surface area (Å²) in [7, 11) is 0. The first-order valence-corrected chi connectivity index (χ1v) is 9.39. The molecule has 0 unspecified atom stereocenters. The number of aromatic nitrogens is 3. The number of aryl methyl sites for hydroxylation is 1. The SMILES string of the molecule is Cc1nscc1C(=O)N1CCN(Cc2nc(N)c3ccccc3n2)CC1. The monoisotopic (exact) mass is 368 g/mol. The number of carbonyl (C=O) groups is 1. The molecular formula is C18H20N6OS. The zero-order chi connectivity index (χ0) is 18.1. The molecule has 1 aliphatic rings. The molecule has 2 aromatic heterocycles. The predicted molar refractivity (Wildman–Crippen MR) is 102 cm³/mol. The molecule has 0 radical (unpaired) electrons. The number of benzene rings is 1. The lowest BCUT2D eigenvalue weighted by Gasteiger charge is -2.34. The maximum Gasteiger partial charge on any atom is 0.256 e. The van der Waals surface area contributed by atoms with Crippen molar-refractivity contribution in [1.82, 2.24) is 24.1 Å². The molecule has 0 aliphatic carbocycles. The van der Waals surface area contributed by atoms with Crippen LogP contribution in [0.15, 0.2) is 29.6 Å². The Labute approximate surface area is 155 Å². The minimum atomic E-state index is 0.0714. The highest BCUT2D eigenvalue weighted by molar-refractivity contribution is 7.03. The van der Waals surface area contributed by atoms with Crippen LogP contribution >= 0.6 is 11.5 Å². The van der Waals surface area contributed by atoms with E-state index in [9.17, 15) is 4.79 Å². The quantitative estimate of drug-likeness (QED) is 0.760. The van der Waals surface area contributed by atoms with Gasteiger partial charge in [0, 0.05) is 36.9 Å². The van der Waals surface area contributed by atoms with Crippen molar-refractivity contribution in [1.29, 1.82) is 0 Å². The van der Waals surface area contributed by atoms with E-state index in [2.05, 4.69) is 19.2 Å². The number of carbonyl (C=O) groups excluding carboxylic acids is 1. The number of anilines is 1. The smallest absolute Gasteiger partial charge is 0.256 e. The number of piperazine rings is 1. The third-order valence-electron chi connectivity index (χ3n) is 4.68. The maximum absolute atomic E-state index is 12.6. The van der Waals surface area contributed by atoms with Crippen molar-refractivity contribution in [2.75, 3.05) is 31.9 Å². The second kappa shape index (κ2) is 6.97. The number of nitrogens with two attached hydrogens (primary N) is 1. The van der Waals surface area contributed by atoms with E-state index < -0.39 is 0 Å². The minimum Gasteiger partial charge on any atom is -0.383 e. The van der Waals surface area contributed by atoms with E-state index in [0.717, 1.165) is 35.5 Å². The Balaban J connectivity index is 1.41. The highest BCUT2D eigenvalue weighted by atomic mass is 32.1. The summed E-state index contributed by atoms with van der Waals surface area (Å²) in [6.07, 6.45) is 0. The fourth-order valence-corrected chi connectivity index (χ4v) is 3.88. The van der Waals surface area contributed by atoms with Crippen molar-refractivity contribution in [2.45, 2.75) is 13.5 Å². The highest BCUT2D eigenvalue weighted by Gasteiger charge is 2.24. The van der Waals surface area contributed by atoms with Crippen LogP contribution < -0.4 is 5.73 Å². The molecule has 4 rings (SSSR count). The van der Waals surface area contributed by atoms with Crippen molar-refractivity contribution in [2.24, 2.45) is 0 Å². The number of rotatable bonds is 3. The molecule has 0 atom stereocenters. The molecule has 1 saturated heterocycles. The second-order valence-corrected chi connectivity index (χ2v) is 7.05. The van der Waals surface area contributed by atoms with Gasteiger partial charge in [-0.3, -0.25) is 9.69 Å². The molecule has 1 amide bonds. The second-order valence-electron chi connectivity index (χ2n) is 6.42. The van der Waals surface area contributed by atoms with Gasteiger partial charge in [-0.15, -0.1) is 0 Å². The highest BCUT2D eigenvalue weighted by Crippen LogP contribution is 2.19. The lowest BCUT2D eigenvalue weighted by Crippen LogP contribution is -2.48. The first-order chi connectivity index (χ1) is 12.6.